The third kappa shape index (κ3) is 8.93. The van der Waals surface area contributed by atoms with Crippen molar-refractivity contribution in [3.05, 3.63) is 84.8 Å². The molecular weight excluding hydrogens is 706 g/mol. The van der Waals surface area contributed by atoms with Crippen molar-refractivity contribution in [2.75, 3.05) is 42.6 Å². The summed E-state index contributed by atoms with van der Waals surface area (Å²) in [4.78, 5) is 24.4. The fourth-order valence-corrected chi connectivity index (χ4v) is 5.23. The molecule has 6 N–H and O–H groups in total. The molecule has 0 bridgehead atoms. The Balaban J connectivity index is 0.000000264. The number of phenolic OH excluding ortho intramolecular Hbond substituents is 2. The van der Waals surface area contributed by atoms with Crippen molar-refractivity contribution in [1.29, 1.82) is 0 Å². The second-order valence-corrected chi connectivity index (χ2v) is 11.8. The summed E-state index contributed by atoms with van der Waals surface area (Å²) < 4.78 is 15.7. The number of nitrogens with one attached hydrogen (secondary N) is 4. The molecule has 0 aromatic heterocycles. The number of aromatic hydroxyl groups is 2. The Kier molecular flexibility index (Phi) is 13.2. The molecule has 0 radical (unpaired) electrons. The van der Waals surface area contributed by atoms with Crippen molar-refractivity contribution in [1.82, 2.24) is 0 Å². The zero-order valence-electron chi connectivity index (χ0n) is 27.0. The predicted molar refractivity (Wildman–Crippen MR) is 193 cm³/mol. The van der Waals surface area contributed by atoms with Crippen LogP contribution in [0.25, 0.3) is 0 Å². The minimum atomic E-state index is -0.620. The number of para-hydroxylation sites is 1. The summed E-state index contributed by atoms with van der Waals surface area (Å²) in [6.07, 6.45) is 0. The normalized spacial score (nSPS) is 10.3. The average molecular weight is 740 g/mol. The summed E-state index contributed by atoms with van der Waals surface area (Å²) in [7, 11) is 4.42. The summed E-state index contributed by atoms with van der Waals surface area (Å²) in [5.74, 6) is 0.683. The summed E-state index contributed by atoms with van der Waals surface area (Å²) in [5.41, 5.74) is 4.31. The Bertz CT molecular complexity index is 1810. The highest BCUT2D eigenvalue weighted by molar-refractivity contribution is 6.38. The molecule has 4 amide bonds. The van der Waals surface area contributed by atoms with Crippen LogP contribution in [0.5, 0.6) is 28.7 Å². The van der Waals surface area contributed by atoms with E-state index in [0.717, 1.165) is 16.8 Å². The van der Waals surface area contributed by atoms with Gasteiger partial charge in [-0.1, -0.05) is 64.6 Å². The van der Waals surface area contributed by atoms with Crippen LogP contribution in [0, 0.1) is 27.7 Å². The third-order valence-electron chi connectivity index (χ3n) is 6.98. The van der Waals surface area contributed by atoms with E-state index in [9.17, 15) is 19.8 Å². The van der Waals surface area contributed by atoms with E-state index in [0.29, 0.717) is 44.1 Å². The molecule has 15 heteroatoms. The second kappa shape index (κ2) is 16.6. The molecule has 0 saturated heterocycles. The number of anilines is 4. The van der Waals surface area contributed by atoms with Gasteiger partial charge in [-0.3, -0.25) is 0 Å². The number of rotatable bonds is 7. The molecule has 0 unspecified atom stereocenters. The maximum absolute atomic E-state index is 12.3. The maximum atomic E-state index is 12.3. The lowest BCUT2D eigenvalue weighted by atomic mass is 10.1. The first-order valence-corrected chi connectivity index (χ1v) is 15.5. The first kappa shape index (κ1) is 38.0. The smallest absolute Gasteiger partial charge is 0.323 e. The number of benzene rings is 4. The molecule has 4 rings (SSSR count). The molecule has 0 aliphatic rings. The van der Waals surface area contributed by atoms with Gasteiger partial charge in [-0.05, 0) is 62.1 Å². The van der Waals surface area contributed by atoms with E-state index in [1.165, 1.54) is 33.5 Å². The molecular formula is C33H34Cl4N4O7. The summed E-state index contributed by atoms with van der Waals surface area (Å²) in [5, 5.41) is 31.3. The Morgan fingerprint density at radius 2 is 1.04 bits per heavy atom. The van der Waals surface area contributed by atoms with Gasteiger partial charge in [0.1, 0.15) is 0 Å². The van der Waals surface area contributed by atoms with E-state index in [4.69, 9.17) is 60.6 Å². The number of urea groups is 2. The van der Waals surface area contributed by atoms with Gasteiger partial charge >= 0.3 is 12.1 Å². The number of ether oxygens (including phenoxy) is 3. The van der Waals surface area contributed by atoms with Crippen LogP contribution in [-0.2, 0) is 0 Å². The van der Waals surface area contributed by atoms with Crippen LogP contribution in [0.1, 0.15) is 22.3 Å². The highest BCUT2D eigenvalue weighted by atomic mass is 35.5. The number of phenols is 2. The lowest BCUT2D eigenvalue weighted by molar-refractivity contribution is 0.261. The first-order valence-electron chi connectivity index (χ1n) is 14.0. The molecule has 0 spiro atoms. The zero-order valence-corrected chi connectivity index (χ0v) is 30.0. The summed E-state index contributed by atoms with van der Waals surface area (Å²) in [6.45, 7) is 7.15. The van der Waals surface area contributed by atoms with Gasteiger partial charge in [0.2, 0.25) is 5.75 Å². The maximum Gasteiger partial charge on any atom is 0.323 e. The standard InChI is InChI=1S/C17H18Cl2N2O5.C16H16Cl2N2O2/c1-8-10(18)7-11(15(22)14(8)19)21-17(23)20-9-5-12(24-2)16(26-4)13(6-9)25-3;1-8-5-4-6-9(2)14(8)20-16(22)19-12-7-11(17)10(3)13(18)15(12)21/h5-7,22H,1-4H3,(H2,20,21,23);4-7,21H,1-3H3,(H2,19,20,22). The molecule has 0 fully saturated rings. The van der Waals surface area contributed by atoms with Gasteiger partial charge in [-0.25, -0.2) is 9.59 Å². The van der Waals surface area contributed by atoms with Gasteiger partial charge in [0.05, 0.1) is 48.4 Å². The van der Waals surface area contributed by atoms with E-state index in [1.807, 2.05) is 32.0 Å². The molecule has 0 atom stereocenters. The Morgan fingerprint density at radius 1 is 0.625 bits per heavy atom. The van der Waals surface area contributed by atoms with Crippen LogP contribution >= 0.6 is 46.4 Å². The Morgan fingerprint density at radius 3 is 1.44 bits per heavy atom. The highest BCUT2D eigenvalue weighted by Gasteiger charge is 2.18. The van der Waals surface area contributed by atoms with Gasteiger partial charge in [-0.2, -0.15) is 0 Å². The molecule has 0 saturated carbocycles. The average Bonchev–Trinajstić information content (AvgIpc) is 3.05. The number of hydrogen-bond donors (Lipinski definition) is 6. The molecule has 256 valence electrons. The Hall–Kier alpha value is -4.42. The lowest BCUT2D eigenvalue weighted by Crippen LogP contribution is -2.20. The minimum absolute atomic E-state index is 0.0700. The van der Waals surface area contributed by atoms with Crippen molar-refractivity contribution in [2.24, 2.45) is 0 Å². The molecule has 4 aromatic rings. The summed E-state index contributed by atoms with van der Waals surface area (Å²) >= 11 is 24.0. The SMILES string of the molecule is COc1cc(NC(=O)Nc2cc(Cl)c(C)c(Cl)c2O)cc(OC)c1OC.Cc1cccc(C)c1NC(=O)Nc1cc(Cl)c(C)c(Cl)c1O. The quantitative estimate of drug-likeness (QED) is 0.103. The van der Waals surface area contributed by atoms with Crippen LogP contribution in [0.2, 0.25) is 20.1 Å². The van der Waals surface area contributed by atoms with Crippen molar-refractivity contribution in [2.45, 2.75) is 27.7 Å². The van der Waals surface area contributed by atoms with Gasteiger partial charge < -0.3 is 45.7 Å². The van der Waals surface area contributed by atoms with Crippen molar-refractivity contribution in [3.63, 3.8) is 0 Å². The van der Waals surface area contributed by atoms with Crippen LogP contribution in [0.4, 0.5) is 32.3 Å². The first-order chi connectivity index (χ1) is 22.6. The number of amides is 4. The van der Waals surface area contributed by atoms with Crippen molar-refractivity contribution in [3.8, 4) is 28.7 Å². The van der Waals surface area contributed by atoms with Crippen molar-refractivity contribution < 1.29 is 34.0 Å². The lowest BCUT2D eigenvalue weighted by Gasteiger charge is -2.15. The topological polar surface area (TPSA) is 150 Å². The van der Waals surface area contributed by atoms with Crippen LogP contribution < -0.4 is 35.5 Å². The molecule has 0 heterocycles. The number of halogens is 4. The number of hydrogen-bond acceptors (Lipinski definition) is 7. The summed E-state index contributed by atoms with van der Waals surface area (Å²) in [6, 6.07) is 10.6. The molecule has 4 aromatic carbocycles. The molecule has 0 aliphatic carbocycles. The van der Waals surface area contributed by atoms with Crippen LogP contribution in [0.15, 0.2) is 42.5 Å². The number of carbonyl (C=O) groups is 2. The monoisotopic (exact) mass is 738 g/mol. The molecule has 48 heavy (non-hydrogen) atoms. The molecule has 11 nitrogen and oxygen atoms in total. The number of methoxy groups -OCH3 is 3. The van der Waals surface area contributed by atoms with E-state index >= 15 is 0 Å². The van der Waals surface area contributed by atoms with Crippen LogP contribution in [0.3, 0.4) is 0 Å². The van der Waals surface area contributed by atoms with Crippen molar-refractivity contribution >= 4 is 81.2 Å². The van der Waals surface area contributed by atoms with Gasteiger partial charge in [0.25, 0.3) is 0 Å². The van der Waals surface area contributed by atoms with Gasteiger partial charge in [-0.15, -0.1) is 0 Å². The van der Waals surface area contributed by atoms with Crippen LogP contribution in [-0.4, -0.2) is 43.6 Å². The van der Waals surface area contributed by atoms with E-state index in [-0.39, 0.29) is 32.9 Å². The van der Waals surface area contributed by atoms with E-state index < -0.39 is 12.1 Å². The largest absolute Gasteiger partial charge is 0.504 e. The number of aryl methyl sites for hydroxylation is 2. The Labute approximate surface area is 298 Å². The fraction of sp³-hybridized carbons (Fsp3) is 0.212. The third-order valence-corrected chi connectivity index (χ3v) is 8.69. The molecule has 0 aliphatic heterocycles. The zero-order chi connectivity index (χ0) is 35.9. The van der Waals surface area contributed by atoms with E-state index in [2.05, 4.69) is 21.3 Å². The second-order valence-electron chi connectivity index (χ2n) is 10.2. The van der Waals surface area contributed by atoms with E-state index in [1.54, 1.807) is 26.0 Å². The van der Waals surface area contributed by atoms with Gasteiger partial charge in [0.15, 0.2) is 23.0 Å². The fourth-order valence-electron chi connectivity index (χ4n) is 4.32. The van der Waals surface area contributed by atoms with Gasteiger partial charge in [0, 0.05) is 27.9 Å². The predicted octanol–water partition coefficient (Wildman–Crippen LogP) is 9.95. The minimum Gasteiger partial charge on any atom is -0.504 e. The number of carbonyl (C=O) groups excluding carboxylic acids is 2. The highest BCUT2D eigenvalue weighted by Crippen LogP contribution is 2.41.